The first kappa shape index (κ1) is 5.69. The van der Waals surface area contributed by atoms with E-state index in [1.807, 2.05) is 0 Å². The standard InChI is InChI=1S/C7H12O2/c1-2-6(8-3-1)4-7-5-9-7/h6-7H,1-5H2. The van der Waals surface area contributed by atoms with Crippen molar-refractivity contribution < 1.29 is 9.47 Å². The van der Waals surface area contributed by atoms with Gasteiger partial charge in [-0.25, -0.2) is 0 Å². The van der Waals surface area contributed by atoms with Crippen LogP contribution in [0.3, 0.4) is 0 Å². The summed E-state index contributed by atoms with van der Waals surface area (Å²) in [5, 5.41) is 0. The topological polar surface area (TPSA) is 21.8 Å². The van der Waals surface area contributed by atoms with Gasteiger partial charge in [-0.1, -0.05) is 0 Å². The SMILES string of the molecule is C1COC(CC2CO2)C1. The summed E-state index contributed by atoms with van der Waals surface area (Å²) in [7, 11) is 0. The zero-order valence-corrected chi connectivity index (χ0v) is 5.51. The van der Waals surface area contributed by atoms with Gasteiger partial charge in [0.2, 0.25) is 0 Å². The molecule has 0 bridgehead atoms. The molecular formula is C7H12O2. The van der Waals surface area contributed by atoms with Gasteiger partial charge in [-0.15, -0.1) is 0 Å². The Morgan fingerprint density at radius 1 is 1.22 bits per heavy atom. The fourth-order valence-corrected chi connectivity index (χ4v) is 1.33. The summed E-state index contributed by atoms with van der Waals surface area (Å²) in [5.74, 6) is 0. The molecule has 0 aliphatic carbocycles. The van der Waals surface area contributed by atoms with Crippen LogP contribution in [0.5, 0.6) is 0 Å². The molecule has 2 saturated heterocycles. The fraction of sp³-hybridized carbons (Fsp3) is 1.00. The molecule has 9 heavy (non-hydrogen) atoms. The highest BCUT2D eigenvalue weighted by molar-refractivity contribution is 4.76. The molecule has 2 aliphatic heterocycles. The molecule has 0 radical (unpaired) electrons. The molecule has 2 unspecified atom stereocenters. The highest BCUT2D eigenvalue weighted by Gasteiger charge is 2.28. The van der Waals surface area contributed by atoms with Crippen LogP contribution in [0.4, 0.5) is 0 Å². The van der Waals surface area contributed by atoms with E-state index in [-0.39, 0.29) is 0 Å². The summed E-state index contributed by atoms with van der Waals surface area (Å²) in [4.78, 5) is 0. The molecule has 0 saturated carbocycles. The van der Waals surface area contributed by atoms with Crippen molar-refractivity contribution >= 4 is 0 Å². The van der Waals surface area contributed by atoms with Crippen LogP contribution in [0.15, 0.2) is 0 Å². The second kappa shape index (κ2) is 2.27. The van der Waals surface area contributed by atoms with E-state index in [1.54, 1.807) is 0 Å². The summed E-state index contributed by atoms with van der Waals surface area (Å²) in [6.45, 7) is 1.94. The maximum Gasteiger partial charge on any atom is 0.0834 e. The van der Waals surface area contributed by atoms with Crippen LogP contribution < -0.4 is 0 Å². The van der Waals surface area contributed by atoms with Crippen molar-refractivity contribution in [3.8, 4) is 0 Å². The zero-order valence-electron chi connectivity index (χ0n) is 5.51. The van der Waals surface area contributed by atoms with Gasteiger partial charge in [-0.3, -0.25) is 0 Å². The van der Waals surface area contributed by atoms with Gasteiger partial charge in [0.25, 0.3) is 0 Å². The average Bonchev–Trinajstić information content (AvgIpc) is 2.46. The van der Waals surface area contributed by atoms with E-state index >= 15 is 0 Å². The Morgan fingerprint density at radius 3 is 2.67 bits per heavy atom. The lowest BCUT2D eigenvalue weighted by Gasteiger charge is -2.04. The third-order valence-electron chi connectivity index (χ3n) is 1.95. The van der Waals surface area contributed by atoms with Crippen molar-refractivity contribution in [2.24, 2.45) is 0 Å². The van der Waals surface area contributed by atoms with Crippen molar-refractivity contribution in [3.63, 3.8) is 0 Å². The Kier molecular flexibility index (Phi) is 1.44. The van der Waals surface area contributed by atoms with Crippen LogP contribution in [-0.2, 0) is 9.47 Å². The Hall–Kier alpha value is -0.0800. The summed E-state index contributed by atoms with van der Waals surface area (Å²) in [6.07, 6.45) is 4.71. The summed E-state index contributed by atoms with van der Waals surface area (Å²) in [6, 6.07) is 0. The maximum absolute atomic E-state index is 5.42. The van der Waals surface area contributed by atoms with Crippen LogP contribution in [-0.4, -0.2) is 25.4 Å². The first-order valence-electron chi connectivity index (χ1n) is 3.68. The highest BCUT2D eigenvalue weighted by atomic mass is 16.6. The lowest BCUT2D eigenvalue weighted by atomic mass is 10.1. The number of ether oxygens (including phenoxy) is 2. The van der Waals surface area contributed by atoms with Crippen LogP contribution in [0.2, 0.25) is 0 Å². The Bertz CT molecular complexity index is 93.1. The van der Waals surface area contributed by atoms with E-state index in [1.165, 1.54) is 12.8 Å². The number of epoxide rings is 1. The summed E-state index contributed by atoms with van der Waals surface area (Å²) >= 11 is 0. The number of rotatable bonds is 2. The molecule has 0 aromatic carbocycles. The first-order valence-corrected chi connectivity index (χ1v) is 3.68. The smallest absolute Gasteiger partial charge is 0.0834 e. The molecule has 2 aliphatic rings. The van der Waals surface area contributed by atoms with Gasteiger partial charge >= 0.3 is 0 Å². The molecule has 0 spiro atoms. The van der Waals surface area contributed by atoms with E-state index in [0.717, 1.165) is 19.6 Å². The van der Waals surface area contributed by atoms with Gasteiger partial charge in [0, 0.05) is 13.0 Å². The highest BCUT2D eigenvalue weighted by Crippen LogP contribution is 2.23. The molecule has 2 heterocycles. The lowest BCUT2D eigenvalue weighted by Crippen LogP contribution is -2.07. The van der Waals surface area contributed by atoms with Crippen molar-refractivity contribution in [2.45, 2.75) is 31.5 Å². The third-order valence-corrected chi connectivity index (χ3v) is 1.95. The molecular weight excluding hydrogens is 116 g/mol. The fourth-order valence-electron chi connectivity index (χ4n) is 1.33. The van der Waals surface area contributed by atoms with Gasteiger partial charge in [0.1, 0.15) is 0 Å². The van der Waals surface area contributed by atoms with Crippen molar-refractivity contribution in [3.05, 3.63) is 0 Å². The number of hydrogen-bond donors (Lipinski definition) is 0. The third kappa shape index (κ3) is 1.43. The largest absolute Gasteiger partial charge is 0.378 e. The van der Waals surface area contributed by atoms with Gasteiger partial charge in [-0.2, -0.15) is 0 Å². The van der Waals surface area contributed by atoms with Crippen LogP contribution in [0.25, 0.3) is 0 Å². The van der Waals surface area contributed by atoms with Gasteiger partial charge in [0.15, 0.2) is 0 Å². The van der Waals surface area contributed by atoms with Crippen LogP contribution in [0, 0.1) is 0 Å². The van der Waals surface area contributed by atoms with E-state index in [2.05, 4.69) is 0 Å². The maximum atomic E-state index is 5.42. The van der Waals surface area contributed by atoms with Crippen molar-refractivity contribution in [1.82, 2.24) is 0 Å². The minimum Gasteiger partial charge on any atom is -0.378 e. The Labute approximate surface area is 55.1 Å². The summed E-state index contributed by atoms with van der Waals surface area (Å²) < 4.78 is 10.5. The lowest BCUT2D eigenvalue weighted by molar-refractivity contribution is 0.0969. The van der Waals surface area contributed by atoms with Crippen molar-refractivity contribution in [1.29, 1.82) is 0 Å². The monoisotopic (exact) mass is 128 g/mol. The van der Waals surface area contributed by atoms with E-state index in [0.29, 0.717) is 12.2 Å². The molecule has 0 N–H and O–H groups in total. The van der Waals surface area contributed by atoms with Gasteiger partial charge in [-0.05, 0) is 12.8 Å². The Balaban J connectivity index is 1.70. The number of hydrogen-bond acceptors (Lipinski definition) is 2. The predicted octanol–water partition coefficient (Wildman–Crippen LogP) is 0.954. The second-order valence-corrected chi connectivity index (χ2v) is 2.83. The van der Waals surface area contributed by atoms with E-state index < -0.39 is 0 Å². The minimum absolute atomic E-state index is 0.525. The van der Waals surface area contributed by atoms with Gasteiger partial charge in [0.05, 0.1) is 18.8 Å². The van der Waals surface area contributed by atoms with E-state index in [9.17, 15) is 0 Å². The van der Waals surface area contributed by atoms with Crippen LogP contribution in [0.1, 0.15) is 19.3 Å². The molecule has 2 nitrogen and oxygen atoms in total. The molecule has 0 amide bonds. The molecule has 0 aromatic rings. The molecule has 52 valence electrons. The average molecular weight is 128 g/mol. The molecule has 2 fully saturated rings. The van der Waals surface area contributed by atoms with Crippen LogP contribution >= 0.6 is 0 Å². The molecule has 2 heteroatoms. The normalized spacial score (nSPS) is 41.3. The molecule has 2 atom stereocenters. The van der Waals surface area contributed by atoms with Gasteiger partial charge < -0.3 is 9.47 Å². The first-order chi connectivity index (χ1) is 4.45. The quantitative estimate of drug-likeness (QED) is 0.516. The summed E-state index contributed by atoms with van der Waals surface area (Å²) in [5.41, 5.74) is 0. The molecule has 0 aromatic heterocycles. The van der Waals surface area contributed by atoms with Crippen molar-refractivity contribution in [2.75, 3.05) is 13.2 Å². The van der Waals surface area contributed by atoms with E-state index in [4.69, 9.17) is 9.47 Å². The minimum atomic E-state index is 0.525. The Morgan fingerprint density at radius 2 is 2.11 bits per heavy atom. The zero-order chi connectivity index (χ0) is 6.10. The molecule has 2 rings (SSSR count). The second-order valence-electron chi connectivity index (χ2n) is 2.83. The predicted molar refractivity (Wildman–Crippen MR) is 33.3 cm³/mol.